The van der Waals surface area contributed by atoms with Gasteiger partial charge in [0.1, 0.15) is 0 Å². The van der Waals surface area contributed by atoms with Crippen LogP contribution < -0.4 is 9.47 Å². The molecule has 2 rings (SSSR count). The van der Waals surface area contributed by atoms with Gasteiger partial charge in [-0.15, -0.1) is 0 Å². The van der Waals surface area contributed by atoms with Gasteiger partial charge < -0.3 is 14.2 Å². The minimum Gasteiger partial charge on any atom is -0.490 e. The first-order valence-corrected chi connectivity index (χ1v) is 8.12. The topological polar surface area (TPSA) is 61.8 Å². The predicted octanol–water partition coefficient (Wildman–Crippen LogP) is 3.51. The molecule has 0 radical (unpaired) electrons. The highest BCUT2D eigenvalue weighted by atomic mass is 16.6. The van der Waals surface area contributed by atoms with Gasteiger partial charge in [0.25, 0.3) is 0 Å². The molecule has 132 valence electrons. The van der Waals surface area contributed by atoms with Crippen LogP contribution in [0.5, 0.6) is 11.5 Å². The predicted molar refractivity (Wildman–Crippen MR) is 94.3 cm³/mol. The second-order valence-corrected chi connectivity index (χ2v) is 5.55. The van der Waals surface area contributed by atoms with E-state index in [1.165, 1.54) is 0 Å². The number of carbonyl (C=O) groups excluding carboxylic acids is 2. The van der Waals surface area contributed by atoms with Crippen molar-refractivity contribution in [1.82, 2.24) is 0 Å². The van der Waals surface area contributed by atoms with E-state index in [0.29, 0.717) is 23.7 Å². The smallest absolute Gasteiger partial charge is 0.344 e. The quantitative estimate of drug-likeness (QED) is 0.543. The molecule has 2 aromatic rings. The van der Waals surface area contributed by atoms with Crippen LogP contribution in [0.25, 0.3) is 0 Å². The molecule has 0 aromatic heterocycles. The summed E-state index contributed by atoms with van der Waals surface area (Å²) in [7, 11) is 0. The number of Topliss-reactive ketones (excluding diaryl/α,β-unsaturated/α-hetero) is 1. The Morgan fingerprint density at radius 1 is 0.880 bits per heavy atom. The van der Waals surface area contributed by atoms with Crippen molar-refractivity contribution >= 4 is 11.8 Å². The van der Waals surface area contributed by atoms with Crippen LogP contribution in [-0.4, -0.2) is 31.6 Å². The van der Waals surface area contributed by atoms with Crippen molar-refractivity contribution in [1.29, 1.82) is 0 Å². The minimum atomic E-state index is -0.608. The average Bonchev–Trinajstić information content (AvgIpc) is 2.61. The van der Waals surface area contributed by atoms with Gasteiger partial charge in [-0.25, -0.2) is 4.79 Å². The second-order valence-electron chi connectivity index (χ2n) is 5.55. The number of hydrogen-bond donors (Lipinski definition) is 0. The number of carbonyl (C=O) groups is 2. The van der Waals surface area contributed by atoms with Gasteiger partial charge in [0, 0.05) is 5.56 Å². The Hall–Kier alpha value is -2.82. The zero-order chi connectivity index (χ0) is 18.2. The number of aryl methyl sites for hydroxylation is 2. The summed E-state index contributed by atoms with van der Waals surface area (Å²) in [4.78, 5) is 23.9. The first kappa shape index (κ1) is 18.5. The molecule has 0 aliphatic rings. The number of para-hydroxylation sites is 2. The molecule has 0 unspecified atom stereocenters. The van der Waals surface area contributed by atoms with Crippen molar-refractivity contribution in [3.05, 3.63) is 59.2 Å². The Morgan fingerprint density at radius 3 is 2.20 bits per heavy atom. The molecule has 0 saturated carbocycles. The molecule has 2 aromatic carbocycles. The van der Waals surface area contributed by atoms with Gasteiger partial charge in [-0.2, -0.15) is 0 Å². The van der Waals surface area contributed by atoms with Crippen LogP contribution in [0.2, 0.25) is 0 Å². The summed E-state index contributed by atoms with van der Waals surface area (Å²) >= 11 is 0. The zero-order valence-corrected chi connectivity index (χ0v) is 14.7. The molecule has 0 aliphatic heterocycles. The fraction of sp³-hybridized carbons (Fsp3) is 0.300. The van der Waals surface area contributed by atoms with Gasteiger partial charge in [0.05, 0.1) is 6.61 Å². The number of rotatable bonds is 8. The maximum absolute atomic E-state index is 12.1. The highest BCUT2D eigenvalue weighted by Gasteiger charge is 2.12. The average molecular weight is 342 g/mol. The molecular formula is C20H22O5. The number of hydrogen-bond acceptors (Lipinski definition) is 5. The van der Waals surface area contributed by atoms with Crippen LogP contribution in [-0.2, 0) is 9.53 Å². The second kappa shape index (κ2) is 8.87. The van der Waals surface area contributed by atoms with Crippen LogP contribution in [0.4, 0.5) is 0 Å². The molecule has 0 atom stereocenters. The van der Waals surface area contributed by atoms with E-state index in [0.717, 1.165) is 11.1 Å². The van der Waals surface area contributed by atoms with Crippen LogP contribution in [0.1, 0.15) is 28.4 Å². The van der Waals surface area contributed by atoms with E-state index in [9.17, 15) is 9.59 Å². The first-order chi connectivity index (χ1) is 12.0. The number of ketones is 1. The molecule has 0 fully saturated rings. The third kappa shape index (κ3) is 5.35. The summed E-state index contributed by atoms with van der Waals surface area (Å²) in [5.41, 5.74) is 2.65. The van der Waals surface area contributed by atoms with Crippen molar-refractivity contribution in [2.75, 3.05) is 19.8 Å². The van der Waals surface area contributed by atoms with Gasteiger partial charge in [-0.3, -0.25) is 4.79 Å². The van der Waals surface area contributed by atoms with Gasteiger partial charge >= 0.3 is 5.97 Å². The highest BCUT2D eigenvalue weighted by molar-refractivity contribution is 5.98. The fourth-order valence-corrected chi connectivity index (χ4v) is 2.17. The summed E-state index contributed by atoms with van der Waals surface area (Å²) in [5, 5.41) is 0. The normalized spacial score (nSPS) is 10.2. The minimum absolute atomic E-state index is 0.244. The van der Waals surface area contributed by atoms with E-state index in [1.54, 1.807) is 30.3 Å². The largest absolute Gasteiger partial charge is 0.490 e. The lowest BCUT2D eigenvalue weighted by atomic mass is 10.0. The van der Waals surface area contributed by atoms with Crippen LogP contribution in [0.3, 0.4) is 0 Å². The molecule has 5 heteroatoms. The lowest BCUT2D eigenvalue weighted by Crippen LogP contribution is -2.19. The SMILES string of the molecule is CCOc1ccccc1OCC(=O)OCC(=O)c1ccc(C)c(C)c1. The van der Waals surface area contributed by atoms with Gasteiger partial charge in [-0.05, 0) is 50.1 Å². The Balaban J connectivity index is 1.84. The Kier molecular flexibility index (Phi) is 6.57. The summed E-state index contributed by atoms with van der Waals surface area (Å²) < 4.78 is 15.8. The zero-order valence-electron chi connectivity index (χ0n) is 14.7. The van der Waals surface area contributed by atoms with E-state index in [4.69, 9.17) is 14.2 Å². The van der Waals surface area contributed by atoms with E-state index in [-0.39, 0.29) is 19.0 Å². The molecule has 25 heavy (non-hydrogen) atoms. The number of ether oxygens (including phenoxy) is 3. The molecule has 0 spiro atoms. The standard InChI is InChI=1S/C20H22O5/c1-4-23-18-7-5-6-8-19(18)24-13-20(22)25-12-17(21)16-10-9-14(2)15(3)11-16/h5-11H,4,12-13H2,1-3H3. The third-order valence-corrected chi connectivity index (χ3v) is 3.69. The van der Waals surface area contributed by atoms with Crippen molar-refractivity contribution in [3.8, 4) is 11.5 Å². The van der Waals surface area contributed by atoms with Crippen molar-refractivity contribution in [2.45, 2.75) is 20.8 Å². The van der Waals surface area contributed by atoms with E-state index in [2.05, 4.69) is 0 Å². The van der Waals surface area contributed by atoms with Crippen LogP contribution >= 0.6 is 0 Å². The summed E-state index contributed by atoms with van der Waals surface area (Å²) in [6, 6.07) is 12.5. The Bertz CT molecular complexity index is 752. The highest BCUT2D eigenvalue weighted by Crippen LogP contribution is 2.26. The Morgan fingerprint density at radius 2 is 1.56 bits per heavy atom. The van der Waals surface area contributed by atoms with Gasteiger partial charge in [-0.1, -0.05) is 24.3 Å². The molecule has 0 saturated heterocycles. The maximum Gasteiger partial charge on any atom is 0.344 e. The van der Waals surface area contributed by atoms with E-state index >= 15 is 0 Å². The maximum atomic E-state index is 12.1. The first-order valence-electron chi connectivity index (χ1n) is 8.12. The van der Waals surface area contributed by atoms with Crippen molar-refractivity contribution in [3.63, 3.8) is 0 Å². The number of esters is 1. The fourth-order valence-electron chi connectivity index (χ4n) is 2.17. The van der Waals surface area contributed by atoms with Crippen LogP contribution in [0, 0.1) is 13.8 Å². The van der Waals surface area contributed by atoms with Crippen molar-refractivity contribution in [2.24, 2.45) is 0 Å². The van der Waals surface area contributed by atoms with Crippen molar-refractivity contribution < 1.29 is 23.8 Å². The summed E-state index contributed by atoms with van der Waals surface area (Å²) in [6.45, 7) is 5.67. The monoisotopic (exact) mass is 342 g/mol. The molecule has 0 aliphatic carbocycles. The van der Waals surface area contributed by atoms with Crippen LogP contribution in [0.15, 0.2) is 42.5 Å². The lowest BCUT2D eigenvalue weighted by Gasteiger charge is -2.11. The molecule has 0 heterocycles. The molecular weight excluding hydrogens is 320 g/mol. The molecule has 0 bridgehead atoms. The molecule has 0 N–H and O–H groups in total. The van der Waals surface area contributed by atoms with Gasteiger partial charge in [0.15, 0.2) is 30.5 Å². The Labute approximate surface area is 147 Å². The van der Waals surface area contributed by atoms with E-state index in [1.807, 2.05) is 32.9 Å². The van der Waals surface area contributed by atoms with E-state index < -0.39 is 5.97 Å². The molecule has 5 nitrogen and oxygen atoms in total. The lowest BCUT2D eigenvalue weighted by molar-refractivity contribution is -0.144. The summed E-state index contributed by atoms with van der Waals surface area (Å²) in [5.74, 6) is 0.167. The summed E-state index contributed by atoms with van der Waals surface area (Å²) in [6.07, 6.45) is 0. The third-order valence-electron chi connectivity index (χ3n) is 3.69. The molecule has 0 amide bonds. The number of benzene rings is 2. The van der Waals surface area contributed by atoms with Gasteiger partial charge in [0.2, 0.25) is 0 Å².